The summed E-state index contributed by atoms with van der Waals surface area (Å²) in [5.41, 5.74) is 5.39. The molecule has 6 heteroatoms. The van der Waals surface area contributed by atoms with Crippen LogP contribution in [0.25, 0.3) is 0 Å². The summed E-state index contributed by atoms with van der Waals surface area (Å²) in [5.74, 6) is 1.30. The first-order chi connectivity index (χ1) is 12.5. The molecule has 0 aliphatic carbocycles. The second-order valence-electron chi connectivity index (χ2n) is 5.93. The van der Waals surface area contributed by atoms with Crippen molar-refractivity contribution in [1.29, 1.82) is 0 Å². The van der Waals surface area contributed by atoms with Gasteiger partial charge in [0, 0.05) is 23.9 Å². The molecule has 138 valence electrons. The largest absolute Gasteiger partial charge is 0.493 e. The van der Waals surface area contributed by atoms with Gasteiger partial charge in [0.2, 0.25) is 5.91 Å². The lowest BCUT2D eigenvalue weighted by molar-refractivity contribution is -0.118. The molecule has 0 saturated carbocycles. The molecule has 0 aliphatic heterocycles. The van der Waals surface area contributed by atoms with Crippen molar-refractivity contribution >= 4 is 23.7 Å². The number of hydrazone groups is 1. The highest BCUT2D eigenvalue weighted by Crippen LogP contribution is 2.22. The fourth-order valence-corrected chi connectivity index (χ4v) is 2.51. The Morgan fingerprint density at radius 1 is 1.12 bits per heavy atom. The Morgan fingerprint density at radius 2 is 1.81 bits per heavy atom. The number of nitrogens with one attached hydrogen (secondary N) is 1. The third-order valence-electron chi connectivity index (χ3n) is 3.53. The van der Waals surface area contributed by atoms with E-state index >= 15 is 0 Å². The molecule has 0 spiro atoms. The van der Waals surface area contributed by atoms with Crippen molar-refractivity contribution < 1.29 is 14.3 Å². The van der Waals surface area contributed by atoms with Crippen LogP contribution in [0.4, 0.5) is 0 Å². The second-order valence-corrected chi connectivity index (χ2v) is 6.36. The Bertz CT molecular complexity index is 791. The van der Waals surface area contributed by atoms with E-state index in [0.29, 0.717) is 29.5 Å². The molecule has 0 radical (unpaired) electrons. The van der Waals surface area contributed by atoms with Crippen LogP contribution in [-0.4, -0.2) is 25.3 Å². The lowest BCUT2D eigenvalue weighted by Gasteiger charge is -2.12. The third-order valence-corrected chi connectivity index (χ3v) is 3.77. The van der Waals surface area contributed by atoms with Crippen molar-refractivity contribution in [2.45, 2.75) is 27.2 Å². The standard InChI is InChI=1S/C20H23ClN2O3/c1-14-5-7-19(15(2)11-14)25-9-4-10-26-20-8-6-18(21)12-17(20)13-22-23-16(3)24/h5-8,11-13H,4,9-10H2,1-3H3,(H,23,24)/b22-13+. The highest BCUT2D eigenvalue weighted by molar-refractivity contribution is 6.30. The minimum Gasteiger partial charge on any atom is -0.493 e. The van der Waals surface area contributed by atoms with Crippen molar-refractivity contribution in [2.24, 2.45) is 5.10 Å². The molecule has 0 unspecified atom stereocenters. The van der Waals surface area contributed by atoms with E-state index in [1.165, 1.54) is 18.7 Å². The van der Waals surface area contributed by atoms with Crippen molar-refractivity contribution in [3.05, 3.63) is 58.1 Å². The molecule has 0 bridgehead atoms. The number of carbonyl (C=O) groups is 1. The van der Waals surface area contributed by atoms with Gasteiger partial charge in [-0.2, -0.15) is 5.10 Å². The van der Waals surface area contributed by atoms with Gasteiger partial charge in [0.25, 0.3) is 0 Å². The number of benzene rings is 2. The average Bonchev–Trinajstić information content (AvgIpc) is 2.57. The molecular formula is C20H23ClN2O3. The molecule has 2 rings (SSSR count). The first-order valence-corrected chi connectivity index (χ1v) is 8.75. The van der Waals surface area contributed by atoms with E-state index in [0.717, 1.165) is 17.7 Å². The van der Waals surface area contributed by atoms with Gasteiger partial charge in [0.1, 0.15) is 11.5 Å². The van der Waals surface area contributed by atoms with Crippen LogP contribution in [0.3, 0.4) is 0 Å². The number of aryl methyl sites for hydroxylation is 2. The van der Waals surface area contributed by atoms with Crippen LogP contribution >= 0.6 is 11.6 Å². The highest BCUT2D eigenvalue weighted by atomic mass is 35.5. The van der Waals surface area contributed by atoms with Crippen molar-refractivity contribution in [3.63, 3.8) is 0 Å². The molecule has 0 saturated heterocycles. The number of hydrogen-bond acceptors (Lipinski definition) is 4. The summed E-state index contributed by atoms with van der Waals surface area (Å²) < 4.78 is 11.6. The minimum atomic E-state index is -0.241. The van der Waals surface area contributed by atoms with Gasteiger partial charge in [-0.3, -0.25) is 4.79 Å². The molecule has 2 aromatic rings. The van der Waals surface area contributed by atoms with E-state index in [-0.39, 0.29) is 5.91 Å². The van der Waals surface area contributed by atoms with Gasteiger partial charge in [-0.1, -0.05) is 29.3 Å². The van der Waals surface area contributed by atoms with Crippen LogP contribution < -0.4 is 14.9 Å². The van der Waals surface area contributed by atoms with Crippen LogP contribution in [0.2, 0.25) is 5.02 Å². The third kappa shape index (κ3) is 6.41. The van der Waals surface area contributed by atoms with Crippen LogP contribution in [0.1, 0.15) is 30.0 Å². The molecule has 0 aliphatic rings. The lowest BCUT2D eigenvalue weighted by atomic mass is 10.1. The Balaban J connectivity index is 1.85. The summed E-state index contributed by atoms with van der Waals surface area (Å²) in [5, 5.41) is 4.43. The summed E-state index contributed by atoms with van der Waals surface area (Å²) in [7, 11) is 0. The molecule has 0 atom stereocenters. The molecule has 0 fully saturated rings. The first kappa shape index (κ1) is 19.8. The van der Waals surface area contributed by atoms with E-state index in [2.05, 4.69) is 23.5 Å². The lowest BCUT2D eigenvalue weighted by Crippen LogP contribution is -2.12. The minimum absolute atomic E-state index is 0.241. The fourth-order valence-electron chi connectivity index (χ4n) is 2.33. The van der Waals surface area contributed by atoms with Gasteiger partial charge in [-0.25, -0.2) is 5.43 Å². The van der Waals surface area contributed by atoms with Crippen molar-refractivity contribution in [3.8, 4) is 11.5 Å². The second kappa shape index (κ2) is 9.82. The van der Waals surface area contributed by atoms with Crippen LogP contribution in [0, 0.1) is 13.8 Å². The first-order valence-electron chi connectivity index (χ1n) is 8.38. The van der Waals surface area contributed by atoms with Gasteiger partial charge in [-0.15, -0.1) is 0 Å². The quantitative estimate of drug-likeness (QED) is 0.426. The fraction of sp³-hybridized carbons (Fsp3) is 0.300. The Morgan fingerprint density at radius 3 is 2.50 bits per heavy atom. The number of carbonyl (C=O) groups excluding carboxylic acids is 1. The van der Waals surface area contributed by atoms with Gasteiger partial charge >= 0.3 is 0 Å². The number of rotatable bonds is 8. The summed E-state index contributed by atoms with van der Waals surface area (Å²) in [6, 6.07) is 11.4. The maximum Gasteiger partial charge on any atom is 0.236 e. The molecule has 1 amide bonds. The molecule has 5 nitrogen and oxygen atoms in total. The number of halogens is 1. The Labute approximate surface area is 159 Å². The maximum absolute atomic E-state index is 10.9. The number of amides is 1. The van der Waals surface area contributed by atoms with E-state index in [1.807, 2.05) is 19.1 Å². The monoisotopic (exact) mass is 374 g/mol. The zero-order chi connectivity index (χ0) is 18.9. The van der Waals surface area contributed by atoms with Crippen molar-refractivity contribution in [2.75, 3.05) is 13.2 Å². The van der Waals surface area contributed by atoms with Gasteiger partial charge in [-0.05, 0) is 43.7 Å². The van der Waals surface area contributed by atoms with E-state index in [9.17, 15) is 4.79 Å². The molecule has 26 heavy (non-hydrogen) atoms. The van der Waals surface area contributed by atoms with E-state index in [4.69, 9.17) is 21.1 Å². The number of ether oxygens (including phenoxy) is 2. The van der Waals surface area contributed by atoms with Crippen LogP contribution in [0.5, 0.6) is 11.5 Å². The summed E-state index contributed by atoms with van der Waals surface area (Å²) in [4.78, 5) is 10.9. The Hall–Kier alpha value is -2.53. The van der Waals surface area contributed by atoms with Gasteiger partial charge < -0.3 is 9.47 Å². The summed E-state index contributed by atoms with van der Waals surface area (Å²) in [6.45, 7) is 6.54. The summed E-state index contributed by atoms with van der Waals surface area (Å²) in [6.07, 6.45) is 2.24. The molecule has 0 heterocycles. The van der Waals surface area contributed by atoms with Crippen molar-refractivity contribution in [1.82, 2.24) is 5.43 Å². The van der Waals surface area contributed by atoms with Gasteiger partial charge in [0.05, 0.1) is 19.4 Å². The van der Waals surface area contributed by atoms with E-state index in [1.54, 1.807) is 18.2 Å². The molecule has 0 aromatic heterocycles. The van der Waals surface area contributed by atoms with Gasteiger partial charge in [0.15, 0.2) is 0 Å². The van der Waals surface area contributed by atoms with Crippen LogP contribution in [0.15, 0.2) is 41.5 Å². The average molecular weight is 375 g/mol. The smallest absolute Gasteiger partial charge is 0.236 e. The normalized spacial score (nSPS) is 10.8. The number of nitrogens with zero attached hydrogens (tertiary/aromatic N) is 1. The summed E-state index contributed by atoms with van der Waals surface area (Å²) >= 11 is 6.01. The van der Waals surface area contributed by atoms with Crippen LogP contribution in [-0.2, 0) is 4.79 Å². The predicted octanol–water partition coefficient (Wildman–Crippen LogP) is 4.27. The highest BCUT2D eigenvalue weighted by Gasteiger charge is 2.04. The molecule has 2 aromatic carbocycles. The zero-order valence-electron chi connectivity index (χ0n) is 15.2. The SMILES string of the molecule is CC(=O)N/N=C/c1cc(Cl)ccc1OCCCOc1ccc(C)cc1C. The molecular weight excluding hydrogens is 352 g/mol. The predicted molar refractivity (Wildman–Crippen MR) is 104 cm³/mol. The molecule has 1 N–H and O–H groups in total. The number of hydrogen-bond donors (Lipinski definition) is 1. The maximum atomic E-state index is 10.9. The Kier molecular flexibility index (Phi) is 7.48. The zero-order valence-corrected chi connectivity index (χ0v) is 16.0. The topological polar surface area (TPSA) is 59.9 Å². The van der Waals surface area contributed by atoms with E-state index < -0.39 is 0 Å².